The van der Waals surface area contributed by atoms with E-state index >= 15 is 0 Å². The third kappa shape index (κ3) is 3.51. The summed E-state index contributed by atoms with van der Waals surface area (Å²) < 4.78 is 5.11. The maximum absolute atomic E-state index is 11.1. The first kappa shape index (κ1) is 15.1. The molecule has 0 aromatic heterocycles. The molecule has 0 radical (unpaired) electrons. The summed E-state index contributed by atoms with van der Waals surface area (Å²) in [7, 11) is 1.61. The Morgan fingerprint density at radius 2 is 2.21 bits per heavy atom. The van der Waals surface area contributed by atoms with Crippen LogP contribution in [-0.2, 0) is 4.74 Å². The summed E-state index contributed by atoms with van der Waals surface area (Å²) in [4.78, 5) is 23.3. The van der Waals surface area contributed by atoms with Gasteiger partial charge in [-0.1, -0.05) is 0 Å². The Labute approximate surface area is 112 Å². The zero-order valence-electron chi connectivity index (χ0n) is 11.3. The molecule has 6 heteroatoms. The number of ether oxygens (including phenoxy) is 1. The van der Waals surface area contributed by atoms with Crippen LogP contribution in [-0.4, -0.2) is 37.5 Å². The lowest BCUT2D eigenvalue weighted by Gasteiger charge is -2.30. The van der Waals surface area contributed by atoms with Crippen molar-refractivity contribution in [3.05, 3.63) is 33.9 Å². The van der Waals surface area contributed by atoms with Gasteiger partial charge in [-0.15, -0.1) is 0 Å². The smallest absolute Gasteiger partial charge is 0.270 e. The van der Waals surface area contributed by atoms with Crippen LogP contribution in [0.4, 0.5) is 11.4 Å². The van der Waals surface area contributed by atoms with Crippen molar-refractivity contribution in [2.45, 2.75) is 19.9 Å². The first-order chi connectivity index (χ1) is 9.04. The summed E-state index contributed by atoms with van der Waals surface area (Å²) in [6.45, 7) is 5.14. The minimum Gasteiger partial charge on any atom is -0.383 e. The predicted molar refractivity (Wildman–Crippen MR) is 72.8 cm³/mol. The SMILES string of the molecule is CCN(c1ccc([N+](=O)[O-])cc1C=O)C(C)COC. The molecule has 0 fully saturated rings. The monoisotopic (exact) mass is 266 g/mol. The third-order valence-electron chi connectivity index (χ3n) is 2.94. The van der Waals surface area contributed by atoms with Crippen molar-refractivity contribution >= 4 is 17.7 Å². The second-order valence-electron chi connectivity index (χ2n) is 4.21. The molecule has 1 rings (SSSR count). The second-order valence-corrected chi connectivity index (χ2v) is 4.21. The lowest BCUT2D eigenvalue weighted by Crippen LogP contribution is -2.36. The highest BCUT2D eigenvalue weighted by molar-refractivity contribution is 5.86. The number of benzene rings is 1. The van der Waals surface area contributed by atoms with Crippen LogP contribution in [0.2, 0.25) is 0 Å². The molecule has 0 saturated carbocycles. The lowest BCUT2D eigenvalue weighted by molar-refractivity contribution is -0.384. The summed E-state index contributed by atoms with van der Waals surface area (Å²) in [6, 6.07) is 4.39. The molecule has 1 aromatic carbocycles. The van der Waals surface area contributed by atoms with E-state index in [0.717, 1.165) is 0 Å². The van der Waals surface area contributed by atoms with E-state index in [1.54, 1.807) is 13.2 Å². The Balaban J connectivity index is 3.16. The van der Waals surface area contributed by atoms with Gasteiger partial charge >= 0.3 is 0 Å². The molecule has 1 unspecified atom stereocenters. The number of carbonyl (C=O) groups excluding carboxylic acids is 1. The van der Waals surface area contributed by atoms with Gasteiger partial charge in [-0.3, -0.25) is 14.9 Å². The fourth-order valence-corrected chi connectivity index (χ4v) is 2.06. The van der Waals surface area contributed by atoms with E-state index in [9.17, 15) is 14.9 Å². The number of hydrogen-bond donors (Lipinski definition) is 0. The largest absolute Gasteiger partial charge is 0.383 e. The fraction of sp³-hybridized carbons (Fsp3) is 0.462. The molecule has 104 valence electrons. The average Bonchev–Trinajstić information content (AvgIpc) is 2.40. The molecule has 0 heterocycles. The average molecular weight is 266 g/mol. The molecule has 0 aliphatic rings. The van der Waals surface area contributed by atoms with Gasteiger partial charge in [0, 0.05) is 43.1 Å². The molecule has 0 bridgehead atoms. The molecule has 1 atom stereocenters. The number of nitro benzene ring substituents is 1. The van der Waals surface area contributed by atoms with Crippen LogP contribution >= 0.6 is 0 Å². The van der Waals surface area contributed by atoms with Crippen molar-refractivity contribution in [2.75, 3.05) is 25.2 Å². The summed E-state index contributed by atoms with van der Waals surface area (Å²) >= 11 is 0. The van der Waals surface area contributed by atoms with Crippen molar-refractivity contribution in [3.63, 3.8) is 0 Å². The van der Waals surface area contributed by atoms with Crippen LogP contribution in [0.15, 0.2) is 18.2 Å². The van der Waals surface area contributed by atoms with Gasteiger partial charge in [-0.2, -0.15) is 0 Å². The zero-order valence-corrected chi connectivity index (χ0v) is 11.3. The minimum atomic E-state index is -0.508. The van der Waals surface area contributed by atoms with Crippen LogP contribution in [0.1, 0.15) is 24.2 Å². The number of anilines is 1. The number of carbonyl (C=O) groups is 1. The number of aldehydes is 1. The Morgan fingerprint density at radius 3 is 2.68 bits per heavy atom. The minimum absolute atomic E-state index is 0.0788. The molecule has 0 aliphatic carbocycles. The number of nitro groups is 1. The van der Waals surface area contributed by atoms with Crippen LogP contribution < -0.4 is 4.90 Å². The van der Waals surface area contributed by atoms with Gasteiger partial charge in [0.05, 0.1) is 11.5 Å². The standard InChI is InChI=1S/C13H18N2O4/c1-4-14(10(2)9-19-3)13-6-5-12(15(17)18)7-11(13)8-16/h5-8,10H,4,9H2,1-3H3. The van der Waals surface area contributed by atoms with Crippen LogP contribution in [0.5, 0.6) is 0 Å². The molecule has 6 nitrogen and oxygen atoms in total. The summed E-state index contributed by atoms with van der Waals surface area (Å²) in [6.07, 6.45) is 0.643. The van der Waals surface area contributed by atoms with Gasteiger partial charge in [0.2, 0.25) is 0 Å². The summed E-state index contributed by atoms with van der Waals surface area (Å²) in [5.41, 5.74) is 0.924. The Morgan fingerprint density at radius 1 is 1.53 bits per heavy atom. The van der Waals surface area contributed by atoms with E-state index in [1.807, 2.05) is 18.7 Å². The number of methoxy groups -OCH3 is 1. The van der Waals surface area contributed by atoms with Gasteiger partial charge in [-0.05, 0) is 19.9 Å². The third-order valence-corrected chi connectivity index (χ3v) is 2.94. The van der Waals surface area contributed by atoms with Crippen LogP contribution in [0.3, 0.4) is 0 Å². The quantitative estimate of drug-likeness (QED) is 0.430. The Hall–Kier alpha value is -1.95. The van der Waals surface area contributed by atoms with Crippen molar-refractivity contribution in [3.8, 4) is 0 Å². The van der Waals surface area contributed by atoms with Crippen molar-refractivity contribution < 1.29 is 14.5 Å². The maximum Gasteiger partial charge on any atom is 0.270 e. The van der Waals surface area contributed by atoms with Gasteiger partial charge < -0.3 is 9.64 Å². The number of rotatable bonds is 7. The van der Waals surface area contributed by atoms with Gasteiger partial charge in [0.1, 0.15) is 0 Å². The molecule has 0 saturated heterocycles. The fourth-order valence-electron chi connectivity index (χ4n) is 2.06. The first-order valence-electron chi connectivity index (χ1n) is 6.04. The van der Waals surface area contributed by atoms with Crippen LogP contribution in [0.25, 0.3) is 0 Å². The van der Waals surface area contributed by atoms with Crippen LogP contribution in [0, 0.1) is 10.1 Å². The molecule has 0 spiro atoms. The van der Waals surface area contributed by atoms with Gasteiger partial charge in [0.15, 0.2) is 6.29 Å². The van der Waals surface area contributed by atoms with E-state index in [4.69, 9.17) is 4.74 Å². The highest BCUT2D eigenvalue weighted by atomic mass is 16.6. The van der Waals surface area contributed by atoms with E-state index in [1.165, 1.54) is 12.1 Å². The molecular weight excluding hydrogens is 248 g/mol. The van der Waals surface area contributed by atoms with Gasteiger partial charge in [0.25, 0.3) is 5.69 Å². The summed E-state index contributed by atoms with van der Waals surface area (Å²) in [5, 5.41) is 10.7. The number of hydrogen-bond acceptors (Lipinski definition) is 5. The second kappa shape index (κ2) is 6.84. The molecule has 1 aromatic rings. The highest BCUT2D eigenvalue weighted by Crippen LogP contribution is 2.25. The number of non-ortho nitro benzene ring substituents is 1. The van der Waals surface area contributed by atoms with E-state index in [-0.39, 0.29) is 11.7 Å². The normalized spacial score (nSPS) is 11.9. The van der Waals surface area contributed by atoms with E-state index < -0.39 is 4.92 Å². The van der Waals surface area contributed by atoms with E-state index in [2.05, 4.69) is 0 Å². The topological polar surface area (TPSA) is 72.7 Å². The Bertz CT molecular complexity index is 462. The number of likely N-dealkylation sites (N-methyl/N-ethyl adjacent to an activating group) is 1. The predicted octanol–water partition coefficient (Wildman–Crippen LogP) is 2.27. The maximum atomic E-state index is 11.1. The van der Waals surface area contributed by atoms with E-state index in [0.29, 0.717) is 30.7 Å². The van der Waals surface area contributed by atoms with Gasteiger partial charge in [-0.25, -0.2) is 0 Å². The molecule has 0 amide bonds. The molecular formula is C13H18N2O4. The molecule has 0 N–H and O–H groups in total. The van der Waals surface area contributed by atoms with Crippen molar-refractivity contribution in [2.24, 2.45) is 0 Å². The zero-order chi connectivity index (χ0) is 14.4. The lowest BCUT2D eigenvalue weighted by atomic mass is 10.1. The Kier molecular flexibility index (Phi) is 5.44. The molecule has 19 heavy (non-hydrogen) atoms. The van der Waals surface area contributed by atoms with Crippen molar-refractivity contribution in [1.29, 1.82) is 0 Å². The first-order valence-corrected chi connectivity index (χ1v) is 6.04. The number of nitrogens with zero attached hydrogens (tertiary/aromatic N) is 2. The van der Waals surface area contributed by atoms with Crippen molar-refractivity contribution in [1.82, 2.24) is 0 Å². The summed E-state index contributed by atoms with van der Waals surface area (Å²) in [5.74, 6) is 0. The highest BCUT2D eigenvalue weighted by Gasteiger charge is 2.18. The molecule has 0 aliphatic heterocycles.